The van der Waals surface area contributed by atoms with Gasteiger partial charge in [0.25, 0.3) is 5.91 Å². The number of benzene rings is 1. The van der Waals surface area contributed by atoms with Crippen molar-refractivity contribution in [2.75, 3.05) is 11.9 Å². The van der Waals surface area contributed by atoms with Crippen LogP contribution in [0.1, 0.15) is 35.0 Å². The number of nitrogens with one attached hydrogen (secondary N) is 1. The van der Waals surface area contributed by atoms with Gasteiger partial charge in [0.15, 0.2) is 0 Å². The van der Waals surface area contributed by atoms with Crippen LogP contribution in [0.5, 0.6) is 0 Å². The van der Waals surface area contributed by atoms with E-state index < -0.39 is 0 Å². The molecule has 0 bridgehead atoms. The van der Waals surface area contributed by atoms with Crippen molar-refractivity contribution in [3.05, 3.63) is 59.3 Å². The van der Waals surface area contributed by atoms with Gasteiger partial charge in [-0.3, -0.25) is 4.79 Å². The largest absolute Gasteiger partial charge is 0.370 e. The number of hydrogen-bond donors (Lipinski definition) is 1. The van der Waals surface area contributed by atoms with E-state index in [-0.39, 0.29) is 5.91 Å². The Labute approximate surface area is 124 Å². The summed E-state index contributed by atoms with van der Waals surface area (Å²) in [5.74, 6) is 0.755. The molecule has 1 N–H and O–H groups in total. The molecule has 4 nitrogen and oxygen atoms in total. The quantitative estimate of drug-likeness (QED) is 0.936. The zero-order chi connectivity index (χ0) is 14.7. The summed E-state index contributed by atoms with van der Waals surface area (Å²) >= 11 is 0. The first-order valence-corrected chi connectivity index (χ1v) is 7.35. The summed E-state index contributed by atoms with van der Waals surface area (Å²) in [5.41, 5.74) is 2.96. The summed E-state index contributed by atoms with van der Waals surface area (Å²) in [7, 11) is 0. The molecule has 1 aromatic carbocycles. The van der Waals surface area contributed by atoms with Crippen LogP contribution in [0.3, 0.4) is 0 Å². The second-order valence-corrected chi connectivity index (χ2v) is 5.26. The highest BCUT2D eigenvalue weighted by atomic mass is 16.2. The topological polar surface area (TPSA) is 45.2 Å². The third-order valence-corrected chi connectivity index (χ3v) is 3.65. The number of hydrogen-bond acceptors (Lipinski definition) is 3. The Bertz CT molecular complexity index is 629. The van der Waals surface area contributed by atoms with E-state index in [1.165, 1.54) is 11.1 Å². The molecule has 1 amide bonds. The lowest BCUT2D eigenvalue weighted by atomic mass is 10.1. The summed E-state index contributed by atoms with van der Waals surface area (Å²) in [5, 5.41) is 3.22. The molecule has 4 heteroatoms. The van der Waals surface area contributed by atoms with Crippen LogP contribution in [0.4, 0.5) is 5.82 Å². The Kier molecular flexibility index (Phi) is 3.86. The molecule has 1 aliphatic rings. The molecule has 0 spiro atoms. The number of rotatable bonds is 4. The van der Waals surface area contributed by atoms with Gasteiger partial charge in [-0.05, 0) is 29.7 Å². The van der Waals surface area contributed by atoms with Gasteiger partial charge in [-0.2, -0.15) is 0 Å². The normalized spacial score (nSPS) is 13.1. The SMILES string of the molecule is CCCNc1cccc(C(=O)N2Cc3ccccc3C2)n1. The fourth-order valence-corrected chi connectivity index (χ4v) is 2.54. The lowest BCUT2D eigenvalue weighted by Crippen LogP contribution is -2.26. The molecular weight excluding hydrogens is 262 g/mol. The van der Waals surface area contributed by atoms with Crippen LogP contribution in [0.25, 0.3) is 0 Å². The van der Waals surface area contributed by atoms with Crippen molar-refractivity contribution in [2.45, 2.75) is 26.4 Å². The third-order valence-electron chi connectivity index (χ3n) is 3.65. The minimum Gasteiger partial charge on any atom is -0.370 e. The maximum atomic E-state index is 12.6. The molecule has 0 fully saturated rings. The van der Waals surface area contributed by atoms with Crippen LogP contribution < -0.4 is 5.32 Å². The van der Waals surface area contributed by atoms with Crippen LogP contribution in [-0.4, -0.2) is 22.3 Å². The van der Waals surface area contributed by atoms with Gasteiger partial charge in [-0.25, -0.2) is 4.98 Å². The summed E-state index contributed by atoms with van der Waals surface area (Å²) in [6, 6.07) is 13.7. The van der Waals surface area contributed by atoms with E-state index in [2.05, 4.69) is 29.4 Å². The molecule has 0 saturated carbocycles. The average Bonchev–Trinajstić information content (AvgIpc) is 2.96. The second kappa shape index (κ2) is 5.95. The van der Waals surface area contributed by atoms with Crippen molar-refractivity contribution in [2.24, 2.45) is 0 Å². The Hall–Kier alpha value is -2.36. The molecule has 0 atom stereocenters. The fourth-order valence-electron chi connectivity index (χ4n) is 2.54. The number of amides is 1. The molecule has 0 radical (unpaired) electrons. The zero-order valence-electron chi connectivity index (χ0n) is 12.2. The Morgan fingerprint density at radius 1 is 1.14 bits per heavy atom. The van der Waals surface area contributed by atoms with Gasteiger partial charge >= 0.3 is 0 Å². The third kappa shape index (κ3) is 2.89. The highest BCUT2D eigenvalue weighted by molar-refractivity contribution is 5.93. The number of aromatic nitrogens is 1. The number of fused-ring (bicyclic) bond motifs is 1. The highest BCUT2D eigenvalue weighted by Crippen LogP contribution is 2.23. The number of pyridine rings is 1. The number of carbonyl (C=O) groups excluding carboxylic acids is 1. The Balaban J connectivity index is 1.75. The van der Waals surface area contributed by atoms with Crippen molar-refractivity contribution >= 4 is 11.7 Å². The van der Waals surface area contributed by atoms with Crippen molar-refractivity contribution in [1.82, 2.24) is 9.88 Å². The van der Waals surface area contributed by atoms with Gasteiger partial charge in [0, 0.05) is 19.6 Å². The fraction of sp³-hybridized carbons (Fsp3) is 0.294. The van der Waals surface area contributed by atoms with E-state index in [0.717, 1.165) is 18.8 Å². The monoisotopic (exact) mass is 281 g/mol. The van der Waals surface area contributed by atoms with Crippen molar-refractivity contribution in [3.63, 3.8) is 0 Å². The van der Waals surface area contributed by atoms with Gasteiger partial charge < -0.3 is 10.2 Å². The van der Waals surface area contributed by atoms with E-state index in [4.69, 9.17) is 0 Å². The summed E-state index contributed by atoms with van der Waals surface area (Å²) in [6.07, 6.45) is 1.03. The van der Waals surface area contributed by atoms with E-state index in [9.17, 15) is 4.79 Å². The maximum absolute atomic E-state index is 12.6. The Morgan fingerprint density at radius 3 is 2.52 bits per heavy atom. The van der Waals surface area contributed by atoms with E-state index in [1.54, 1.807) is 6.07 Å². The Morgan fingerprint density at radius 2 is 1.86 bits per heavy atom. The molecule has 2 heterocycles. The van der Waals surface area contributed by atoms with E-state index >= 15 is 0 Å². The first-order valence-electron chi connectivity index (χ1n) is 7.35. The molecule has 0 aliphatic carbocycles. The molecule has 1 aliphatic heterocycles. The number of anilines is 1. The first kappa shape index (κ1) is 13.6. The van der Waals surface area contributed by atoms with Crippen molar-refractivity contribution < 1.29 is 4.79 Å². The van der Waals surface area contributed by atoms with Gasteiger partial charge in [0.1, 0.15) is 11.5 Å². The van der Waals surface area contributed by atoms with Crippen LogP contribution in [0.2, 0.25) is 0 Å². The van der Waals surface area contributed by atoms with Crippen LogP contribution in [0, 0.1) is 0 Å². The predicted molar refractivity (Wildman–Crippen MR) is 83.0 cm³/mol. The lowest BCUT2D eigenvalue weighted by molar-refractivity contribution is 0.0745. The lowest BCUT2D eigenvalue weighted by Gasteiger charge is -2.15. The highest BCUT2D eigenvalue weighted by Gasteiger charge is 2.24. The maximum Gasteiger partial charge on any atom is 0.273 e. The summed E-state index contributed by atoms with van der Waals surface area (Å²) in [4.78, 5) is 18.8. The first-order chi connectivity index (χ1) is 10.3. The minimum atomic E-state index is -0.00801. The van der Waals surface area contributed by atoms with Crippen LogP contribution in [-0.2, 0) is 13.1 Å². The minimum absolute atomic E-state index is 0.00801. The van der Waals surface area contributed by atoms with Crippen molar-refractivity contribution in [1.29, 1.82) is 0 Å². The van der Waals surface area contributed by atoms with Gasteiger partial charge in [0.05, 0.1) is 0 Å². The molecule has 0 saturated heterocycles. The number of nitrogens with zero attached hydrogens (tertiary/aromatic N) is 2. The van der Waals surface area contributed by atoms with Gasteiger partial charge in [0.2, 0.25) is 0 Å². The van der Waals surface area contributed by atoms with E-state index in [1.807, 2.05) is 29.2 Å². The standard InChI is InChI=1S/C17H19N3O/c1-2-10-18-16-9-5-8-15(19-16)17(21)20-11-13-6-3-4-7-14(13)12-20/h3-9H,2,10-12H2,1H3,(H,18,19). The summed E-state index contributed by atoms with van der Waals surface area (Å²) < 4.78 is 0. The molecular formula is C17H19N3O. The number of carbonyl (C=O) groups is 1. The molecule has 1 aromatic heterocycles. The molecule has 108 valence electrons. The molecule has 3 rings (SSSR count). The summed E-state index contributed by atoms with van der Waals surface area (Å²) in [6.45, 7) is 4.30. The zero-order valence-corrected chi connectivity index (χ0v) is 12.2. The smallest absolute Gasteiger partial charge is 0.273 e. The van der Waals surface area contributed by atoms with E-state index in [0.29, 0.717) is 18.8 Å². The average molecular weight is 281 g/mol. The van der Waals surface area contributed by atoms with Crippen molar-refractivity contribution in [3.8, 4) is 0 Å². The molecule has 0 unspecified atom stereocenters. The van der Waals surface area contributed by atoms with Crippen LogP contribution >= 0.6 is 0 Å². The van der Waals surface area contributed by atoms with Gasteiger partial charge in [-0.15, -0.1) is 0 Å². The molecule has 2 aromatic rings. The molecule has 21 heavy (non-hydrogen) atoms. The van der Waals surface area contributed by atoms with Crippen LogP contribution in [0.15, 0.2) is 42.5 Å². The predicted octanol–water partition coefficient (Wildman–Crippen LogP) is 3.06. The second-order valence-electron chi connectivity index (χ2n) is 5.26. The van der Waals surface area contributed by atoms with Gasteiger partial charge in [-0.1, -0.05) is 37.3 Å².